The second kappa shape index (κ2) is 8.17. The number of piperazine rings is 1. The highest BCUT2D eigenvalue weighted by molar-refractivity contribution is 5.87. The van der Waals surface area contributed by atoms with Crippen molar-refractivity contribution in [3.8, 4) is 0 Å². The van der Waals surface area contributed by atoms with Crippen LogP contribution in [0.25, 0.3) is 0 Å². The van der Waals surface area contributed by atoms with Crippen molar-refractivity contribution in [1.29, 1.82) is 0 Å². The summed E-state index contributed by atoms with van der Waals surface area (Å²) < 4.78 is 5.46. The lowest BCUT2D eigenvalue weighted by molar-refractivity contribution is -0.147. The van der Waals surface area contributed by atoms with Crippen molar-refractivity contribution in [2.24, 2.45) is 5.73 Å². The van der Waals surface area contributed by atoms with Crippen LogP contribution in [0.3, 0.4) is 0 Å². The van der Waals surface area contributed by atoms with Crippen LogP contribution in [-0.4, -0.2) is 60.5 Å². The van der Waals surface area contributed by atoms with Crippen molar-refractivity contribution in [1.82, 2.24) is 9.80 Å². The van der Waals surface area contributed by atoms with Crippen LogP contribution in [0.2, 0.25) is 0 Å². The Kier molecular flexibility index (Phi) is 6.43. The summed E-state index contributed by atoms with van der Waals surface area (Å²) in [6, 6.07) is 9.40. The number of halogens is 1. The van der Waals surface area contributed by atoms with Gasteiger partial charge in [0.15, 0.2) is 0 Å². The number of amides is 2. The minimum Gasteiger partial charge on any atom is -0.368 e. The normalized spacial score (nSPS) is 22.9. The third-order valence-corrected chi connectivity index (χ3v) is 4.90. The maximum absolute atomic E-state index is 12.8. The van der Waals surface area contributed by atoms with Crippen LogP contribution in [-0.2, 0) is 19.9 Å². The maximum atomic E-state index is 12.8. The molecule has 2 amide bonds. The van der Waals surface area contributed by atoms with E-state index in [4.69, 9.17) is 10.5 Å². The largest absolute Gasteiger partial charge is 0.368 e. The van der Waals surface area contributed by atoms with Gasteiger partial charge in [0.1, 0.15) is 11.6 Å². The van der Waals surface area contributed by atoms with Crippen molar-refractivity contribution in [3.63, 3.8) is 0 Å². The number of ether oxygens (including phenoxy) is 1. The van der Waals surface area contributed by atoms with E-state index in [9.17, 15) is 9.59 Å². The van der Waals surface area contributed by atoms with Crippen LogP contribution in [0.1, 0.15) is 25.3 Å². The zero-order chi connectivity index (χ0) is 17.2. The molecule has 0 spiro atoms. The van der Waals surface area contributed by atoms with Crippen molar-refractivity contribution >= 4 is 24.2 Å². The van der Waals surface area contributed by atoms with Gasteiger partial charge >= 0.3 is 0 Å². The summed E-state index contributed by atoms with van der Waals surface area (Å²) >= 11 is 0. The van der Waals surface area contributed by atoms with Gasteiger partial charge in [-0.3, -0.25) is 9.59 Å². The first-order valence-corrected chi connectivity index (χ1v) is 8.54. The van der Waals surface area contributed by atoms with Gasteiger partial charge in [0.2, 0.25) is 5.91 Å². The lowest BCUT2D eigenvalue weighted by Gasteiger charge is -2.39. The highest BCUT2D eigenvalue weighted by Crippen LogP contribution is 2.22. The third kappa shape index (κ3) is 4.14. The number of carbonyl (C=O) groups is 2. The fourth-order valence-electron chi connectivity index (χ4n) is 3.34. The van der Waals surface area contributed by atoms with Gasteiger partial charge < -0.3 is 20.3 Å². The molecular weight excluding hydrogens is 342 g/mol. The first kappa shape index (κ1) is 19.7. The molecule has 1 aromatic rings. The van der Waals surface area contributed by atoms with Gasteiger partial charge in [0.05, 0.1) is 0 Å². The monoisotopic (exact) mass is 367 g/mol. The van der Waals surface area contributed by atoms with Gasteiger partial charge in [0.25, 0.3) is 5.91 Å². The highest BCUT2D eigenvalue weighted by Gasteiger charge is 2.37. The summed E-state index contributed by atoms with van der Waals surface area (Å²) in [6.07, 6.45) is 1.45. The van der Waals surface area contributed by atoms with Crippen LogP contribution in [0.5, 0.6) is 0 Å². The van der Waals surface area contributed by atoms with Gasteiger partial charge in [-0.15, -0.1) is 12.4 Å². The van der Waals surface area contributed by atoms with Crippen molar-refractivity contribution < 1.29 is 14.3 Å². The Morgan fingerprint density at radius 3 is 2.28 bits per heavy atom. The summed E-state index contributed by atoms with van der Waals surface area (Å²) in [7, 11) is 0. The van der Waals surface area contributed by atoms with E-state index in [0.29, 0.717) is 32.8 Å². The van der Waals surface area contributed by atoms with E-state index in [0.717, 1.165) is 18.4 Å². The van der Waals surface area contributed by atoms with Crippen LogP contribution >= 0.6 is 12.4 Å². The summed E-state index contributed by atoms with van der Waals surface area (Å²) in [5, 5.41) is 0. The van der Waals surface area contributed by atoms with Crippen LogP contribution in [0.15, 0.2) is 30.3 Å². The van der Waals surface area contributed by atoms with E-state index in [1.807, 2.05) is 30.3 Å². The lowest BCUT2D eigenvalue weighted by Crippen LogP contribution is -2.58. The van der Waals surface area contributed by atoms with Crippen molar-refractivity contribution in [3.05, 3.63) is 35.9 Å². The van der Waals surface area contributed by atoms with Crippen LogP contribution in [0, 0.1) is 0 Å². The highest BCUT2D eigenvalue weighted by atomic mass is 35.5. The average molecular weight is 368 g/mol. The van der Waals surface area contributed by atoms with E-state index in [2.05, 4.69) is 0 Å². The molecule has 2 heterocycles. The van der Waals surface area contributed by atoms with Gasteiger partial charge in [-0.25, -0.2) is 0 Å². The van der Waals surface area contributed by atoms with Gasteiger partial charge in [-0.1, -0.05) is 30.3 Å². The fourth-order valence-corrected chi connectivity index (χ4v) is 3.34. The number of hydrogen-bond donors (Lipinski definition) is 1. The molecule has 2 atom stereocenters. The predicted octanol–water partition coefficient (Wildman–Crippen LogP) is 1.13. The Labute approximate surface area is 154 Å². The molecule has 2 unspecified atom stereocenters. The first-order chi connectivity index (χ1) is 11.5. The molecule has 2 aliphatic rings. The molecule has 2 saturated heterocycles. The molecule has 0 aromatic heterocycles. The average Bonchev–Trinajstić information content (AvgIpc) is 3.16. The third-order valence-electron chi connectivity index (χ3n) is 4.90. The molecule has 0 bridgehead atoms. The second-order valence-corrected chi connectivity index (χ2v) is 6.69. The molecule has 2 fully saturated rings. The topological polar surface area (TPSA) is 75.9 Å². The predicted molar refractivity (Wildman–Crippen MR) is 97.4 cm³/mol. The zero-order valence-corrected chi connectivity index (χ0v) is 15.3. The van der Waals surface area contributed by atoms with Crippen molar-refractivity contribution in [2.45, 2.75) is 31.4 Å². The second-order valence-electron chi connectivity index (χ2n) is 6.69. The van der Waals surface area contributed by atoms with E-state index in [1.165, 1.54) is 0 Å². The molecule has 6 nitrogen and oxygen atoms in total. The van der Waals surface area contributed by atoms with E-state index >= 15 is 0 Å². The summed E-state index contributed by atoms with van der Waals surface area (Å²) in [4.78, 5) is 28.8. The Morgan fingerprint density at radius 1 is 1.12 bits per heavy atom. The lowest BCUT2D eigenvalue weighted by atomic mass is 9.91. The number of benzene rings is 1. The fraction of sp³-hybridized carbons (Fsp3) is 0.556. The summed E-state index contributed by atoms with van der Waals surface area (Å²) in [5.74, 6) is -0.0453. The number of nitrogens with zero attached hydrogens (tertiary/aromatic N) is 2. The van der Waals surface area contributed by atoms with Crippen LogP contribution in [0.4, 0.5) is 0 Å². The minimum atomic E-state index is -1.05. The van der Waals surface area contributed by atoms with Crippen molar-refractivity contribution in [2.75, 3.05) is 32.8 Å². The van der Waals surface area contributed by atoms with Gasteiger partial charge in [0, 0.05) is 32.8 Å². The standard InChI is InChI=1S/C18H25N3O3.ClH/c1-18(19,14-6-3-2-4-7-14)17(23)21-11-9-20(10-12-21)16(22)15-8-5-13-24-15;/h2-4,6-7,15H,5,8-13,19H2,1H3;1H. The van der Waals surface area contributed by atoms with E-state index < -0.39 is 5.54 Å². The number of rotatable bonds is 3. The Balaban J connectivity index is 0.00000225. The Hall–Kier alpha value is -1.63. The molecule has 0 saturated carbocycles. The van der Waals surface area contributed by atoms with E-state index in [1.54, 1.807) is 16.7 Å². The first-order valence-electron chi connectivity index (χ1n) is 8.54. The molecule has 7 heteroatoms. The number of hydrogen-bond acceptors (Lipinski definition) is 4. The Bertz CT molecular complexity index is 595. The molecule has 25 heavy (non-hydrogen) atoms. The number of carbonyl (C=O) groups excluding carboxylic acids is 2. The molecule has 2 N–H and O–H groups in total. The molecule has 2 aliphatic heterocycles. The summed E-state index contributed by atoms with van der Waals surface area (Å²) in [6.45, 7) is 4.50. The molecular formula is C18H26ClN3O3. The molecule has 3 rings (SSSR count). The smallest absolute Gasteiger partial charge is 0.251 e. The zero-order valence-electron chi connectivity index (χ0n) is 14.5. The van der Waals surface area contributed by atoms with E-state index in [-0.39, 0.29) is 30.3 Å². The molecule has 0 aliphatic carbocycles. The molecule has 0 radical (unpaired) electrons. The van der Waals surface area contributed by atoms with Crippen LogP contribution < -0.4 is 5.73 Å². The van der Waals surface area contributed by atoms with Gasteiger partial charge in [-0.05, 0) is 25.3 Å². The SMILES string of the molecule is CC(N)(C(=O)N1CCN(C(=O)C2CCCO2)CC1)c1ccccc1.Cl. The number of nitrogens with two attached hydrogens (primary N) is 1. The molecule has 138 valence electrons. The maximum Gasteiger partial charge on any atom is 0.251 e. The minimum absolute atomic E-state index is 0. The van der Waals surface area contributed by atoms with Gasteiger partial charge in [-0.2, -0.15) is 0 Å². The summed E-state index contributed by atoms with van der Waals surface area (Å²) in [5.41, 5.74) is 6.06. The Morgan fingerprint density at radius 2 is 1.72 bits per heavy atom. The molecule has 1 aromatic carbocycles. The quantitative estimate of drug-likeness (QED) is 0.869.